The van der Waals surface area contributed by atoms with Gasteiger partial charge in [-0.3, -0.25) is 0 Å². The fraction of sp³-hybridized carbons (Fsp3) is 0.562. The zero-order chi connectivity index (χ0) is 20.6. The number of rotatable bonds is 1. The number of pyridine rings is 1. The van der Waals surface area contributed by atoms with Gasteiger partial charge in [0.1, 0.15) is 28.5 Å². The fourth-order valence-corrected chi connectivity index (χ4v) is 2.45. The Balaban J connectivity index is 2.42. The average Bonchev–Trinajstić information content (AvgIpc) is 2.46. The quantitative estimate of drug-likeness (QED) is 0.715. The number of amides is 1. The molecule has 7 nitrogen and oxygen atoms in total. The van der Waals surface area contributed by atoms with Gasteiger partial charge in [0.15, 0.2) is 6.10 Å². The number of hydrogen-bond acceptors (Lipinski definition) is 6. The second-order valence-electron chi connectivity index (χ2n) is 7.24. The molecule has 2 atom stereocenters. The lowest BCUT2D eigenvalue weighted by Gasteiger charge is -2.36. The first-order valence-electron chi connectivity index (χ1n) is 7.95. The van der Waals surface area contributed by atoms with Gasteiger partial charge in [0.25, 0.3) is 6.02 Å². The molecule has 1 unspecified atom stereocenters. The number of nitrogens with two attached hydrogens (primary N) is 1. The highest BCUT2D eigenvalue weighted by Crippen LogP contribution is 2.40. The highest BCUT2D eigenvalue weighted by Gasteiger charge is 2.51. The monoisotopic (exact) mass is 392 g/mol. The van der Waals surface area contributed by atoms with E-state index in [9.17, 15) is 22.4 Å². The highest BCUT2D eigenvalue weighted by molar-refractivity contribution is 5.91. The van der Waals surface area contributed by atoms with Gasteiger partial charge in [-0.2, -0.15) is 13.2 Å². The minimum absolute atomic E-state index is 0.0838. The van der Waals surface area contributed by atoms with Crippen LogP contribution in [0.15, 0.2) is 17.1 Å². The number of ether oxygens (including phenoxy) is 2. The summed E-state index contributed by atoms with van der Waals surface area (Å²) in [6.07, 6.45) is -8.93. The van der Waals surface area contributed by atoms with Crippen LogP contribution in [0.1, 0.15) is 39.8 Å². The van der Waals surface area contributed by atoms with Crippen LogP contribution in [0.3, 0.4) is 0 Å². The van der Waals surface area contributed by atoms with E-state index in [1.165, 1.54) is 13.0 Å². The van der Waals surface area contributed by atoms with E-state index in [0.717, 1.165) is 6.07 Å². The van der Waals surface area contributed by atoms with Crippen molar-refractivity contribution < 1.29 is 31.8 Å². The lowest BCUT2D eigenvalue weighted by molar-refractivity contribution is -0.208. The number of amidine groups is 1. The molecule has 0 saturated heterocycles. The SMILES string of the molecule is CC(C)(C)OC(=O)NC1=N[C@](C)(c2nc(N)ccc2F)CC(C(F)(F)F)O1. The molecule has 2 rings (SSSR count). The molecule has 0 aliphatic carbocycles. The molecule has 0 radical (unpaired) electrons. The second kappa shape index (κ2) is 6.86. The van der Waals surface area contributed by atoms with Crippen molar-refractivity contribution in [2.75, 3.05) is 5.73 Å². The molecule has 1 aromatic heterocycles. The zero-order valence-corrected chi connectivity index (χ0v) is 15.1. The minimum atomic E-state index is -4.78. The summed E-state index contributed by atoms with van der Waals surface area (Å²) >= 11 is 0. The Labute approximate surface area is 152 Å². The van der Waals surface area contributed by atoms with Gasteiger partial charge in [-0.15, -0.1) is 0 Å². The molecule has 1 aliphatic heterocycles. The zero-order valence-electron chi connectivity index (χ0n) is 15.1. The van der Waals surface area contributed by atoms with E-state index in [1.54, 1.807) is 20.8 Å². The first kappa shape index (κ1) is 20.7. The van der Waals surface area contributed by atoms with Crippen molar-refractivity contribution in [1.29, 1.82) is 0 Å². The molecule has 0 bridgehead atoms. The fourth-order valence-electron chi connectivity index (χ4n) is 2.45. The van der Waals surface area contributed by atoms with Crippen molar-refractivity contribution in [2.45, 2.75) is 57.5 Å². The summed E-state index contributed by atoms with van der Waals surface area (Å²) in [7, 11) is 0. The van der Waals surface area contributed by atoms with Crippen molar-refractivity contribution >= 4 is 17.9 Å². The first-order chi connectivity index (χ1) is 12.2. The maximum atomic E-state index is 14.2. The lowest BCUT2D eigenvalue weighted by atomic mass is 9.89. The van der Waals surface area contributed by atoms with Crippen LogP contribution in [0, 0.1) is 5.82 Å². The average molecular weight is 392 g/mol. The molecule has 1 aromatic rings. The molecular weight excluding hydrogens is 372 g/mol. The number of carbonyl (C=O) groups excluding carboxylic acids is 1. The highest BCUT2D eigenvalue weighted by atomic mass is 19.4. The van der Waals surface area contributed by atoms with Crippen LogP contribution in [0.25, 0.3) is 0 Å². The second-order valence-corrected chi connectivity index (χ2v) is 7.24. The van der Waals surface area contributed by atoms with Crippen molar-refractivity contribution in [1.82, 2.24) is 10.3 Å². The number of nitrogens with zero attached hydrogens (tertiary/aromatic N) is 2. The summed E-state index contributed by atoms with van der Waals surface area (Å²) in [6, 6.07) is 1.41. The molecule has 0 saturated carbocycles. The van der Waals surface area contributed by atoms with Gasteiger partial charge in [0, 0.05) is 6.42 Å². The molecule has 0 spiro atoms. The van der Waals surface area contributed by atoms with Gasteiger partial charge >= 0.3 is 12.3 Å². The van der Waals surface area contributed by atoms with Gasteiger partial charge in [-0.05, 0) is 39.8 Å². The van der Waals surface area contributed by atoms with E-state index in [2.05, 4.69) is 9.98 Å². The van der Waals surface area contributed by atoms with Crippen LogP contribution in [-0.2, 0) is 15.0 Å². The van der Waals surface area contributed by atoms with E-state index >= 15 is 0 Å². The summed E-state index contributed by atoms with van der Waals surface area (Å²) in [5.74, 6) is -0.964. The lowest BCUT2D eigenvalue weighted by Crippen LogP contribution is -2.49. The molecule has 11 heteroatoms. The molecule has 27 heavy (non-hydrogen) atoms. The van der Waals surface area contributed by atoms with Crippen molar-refractivity contribution in [3.8, 4) is 0 Å². The molecule has 1 amide bonds. The van der Waals surface area contributed by atoms with E-state index in [1.807, 2.05) is 5.32 Å². The molecule has 3 N–H and O–H groups in total. The number of hydrogen-bond donors (Lipinski definition) is 2. The molecular formula is C16H20F4N4O3. The number of aromatic nitrogens is 1. The minimum Gasteiger partial charge on any atom is -0.452 e. The van der Waals surface area contributed by atoms with Crippen molar-refractivity contribution in [3.05, 3.63) is 23.6 Å². The van der Waals surface area contributed by atoms with E-state index < -0.39 is 47.8 Å². The third-order valence-electron chi connectivity index (χ3n) is 3.54. The van der Waals surface area contributed by atoms with Gasteiger partial charge < -0.3 is 15.2 Å². The van der Waals surface area contributed by atoms with Gasteiger partial charge in [0.2, 0.25) is 0 Å². The summed E-state index contributed by atoms with van der Waals surface area (Å²) in [5.41, 5.74) is 2.47. The Kier molecular flexibility index (Phi) is 5.26. The number of nitrogens with one attached hydrogen (secondary N) is 1. The summed E-state index contributed by atoms with van der Waals surface area (Å²) < 4.78 is 63.8. The third kappa shape index (κ3) is 5.20. The Morgan fingerprint density at radius 2 is 2.00 bits per heavy atom. The molecule has 1 aliphatic rings. The van der Waals surface area contributed by atoms with Crippen LogP contribution >= 0.6 is 0 Å². The largest absolute Gasteiger partial charge is 0.452 e. The topological polar surface area (TPSA) is 98.8 Å². The first-order valence-corrected chi connectivity index (χ1v) is 7.95. The predicted octanol–water partition coefficient (Wildman–Crippen LogP) is 3.25. The normalized spacial score (nSPS) is 23.3. The van der Waals surface area contributed by atoms with Crippen LogP contribution in [0.5, 0.6) is 0 Å². The third-order valence-corrected chi connectivity index (χ3v) is 3.54. The Morgan fingerprint density at radius 3 is 2.56 bits per heavy atom. The van der Waals surface area contributed by atoms with Gasteiger partial charge in [-0.1, -0.05) is 0 Å². The number of nitrogen functional groups attached to an aromatic ring is 1. The predicted molar refractivity (Wildman–Crippen MR) is 88.3 cm³/mol. The molecule has 0 aromatic carbocycles. The van der Waals surface area contributed by atoms with Crippen LogP contribution in [0.2, 0.25) is 0 Å². The summed E-state index contributed by atoms with van der Waals surface area (Å²) in [5, 5.41) is 2.02. The van der Waals surface area contributed by atoms with E-state index in [4.69, 9.17) is 15.2 Å². The standard InChI is InChI=1S/C16H20F4N4O3/c1-14(2,3)27-13(25)23-12-24-15(4,7-9(26-12)16(18,19)20)11-8(17)5-6-10(21)22-11/h5-6,9H,7H2,1-4H3,(H2,21,22)(H,23,24,25)/t9?,15-/m0/s1. The molecule has 0 fully saturated rings. The Morgan fingerprint density at radius 1 is 1.37 bits per heavy atom. The maximum absolute atomic E-state index is 14.2. The maximum Gasteiger partial charge on any atom is 0.425 e. The summed E-state index contributed by atoms with van der Waals surface area (Å²) in [4.78, 5) is 19.6. The Hall–Kier alpha value is -2.59. The number of anilines is 1. The Bertz CT molecular complexity index is 761. The number of alkyl carbamates (subject to hydrolysis) is 1. The molecule has 150 valence electrons. The van der Waals surface area contributed by atoms with Crippen LogP contribution < -0.4 is 11.1 Å². The summed E-state index contributed by atoms with van der Waals surface area (Å²) in [6.45, 7) is 5.97. The smallest absolute Gasteiger partial charge is 0.425 e. The number of halogens is 4. The molecule has 2 heterocycles. The van der Waals surface area contributed by atoms with Crippen molar-refractivity contribution in [2.24, 2.45) is 4.99 Å². The van der Waals surface area contributed by atoms with E-state index in [0.29, 0.717) is 0 Å². The van der Waals surface area contributed by atoms with Crippen LogP contribution in [-0.4, -0.2) is 35.0 Å². The van der Waals surface area contributed by atoms with Crippen molar-refractivity contribution in [3.63, 3.8) is 0 Å². The number of alkyl halides is 3. The number of aliphatic imine (C=N–C) groups is 1. The van der Waals surface area contributed by atoms with Gasteiger partial charge in [-0.25, -0.2) is 24.5 Å². The van der Waals surface area contributed by atoms with Gasteiger partial charge in [0.05, 0.1) is 0 Å². The van der Waals surface area contributed by atoms with Crippen LogP contribution in [0.4, 0.5) is 28.2 Å². The van der Waals surface area contributed by atoms with E-state index in [-0.39, 0.29) is 11.5 Å². The number of carbonyl (C=O) groups is 1.